The van der Waals surface area contributed by atoms with Crippen LogP contribution < -0.4 is 0 Å². The van der Waals surface area contributed by atoms with E-state index in [4.69, 9.17) is 4.74 Å². The average molecular weight is 524 g/mol. The van der Waals surface area contributed by atoms with Crippen molar-refractivity contribution in [2.24, 2.45) is 0 Å². The zero-order chi connectivity index (χ0) is 27.4. The fourth-order valence-electron chi connectivity index (χ4n) is 5.01. The molecule has 212 valence electrons. The number of unbranched alkanes of at least 4 members (excludes halogenated alkanes) is 8. The lowest BCUT2D eigenvalue weighted by Gasteiger charge is -2.34. The molecular weight excluding hydrogens is 470 g/mol. The molecule has 38 heavy (non-hydrogen) atoms. The Labute approximate surface area is 232 Å². The molecule has 0 fully saturated rings. The van der Waals surface area contributed by atoms with E-state index < -0.39 is 6.10 Å². The van der Waals surface area contributed by atoms with Crippen LogP contribution in [0.3, 0.4) is 0 Å². The predicted octanol–water partition coefficient (Wildman–Crippen LogP) is 8.46. The van der Waals surface area contributed by atoms with E-state index >= 15 is 0 Å². The van der Waals surface area contributed by atoms with Crippen LogP contribution in [0, 0.1) is 0 Å². The van der Waals surface area contributed by atoms with Gasteiger partial charge in [0, 0.05) is 32.0 Å². The fourth-order valence-corrected chi connectivity index (χ4v) is 5.01. The van der Waals surface area contributed by atoms with Gasteiger partial charge >= 0.3 is 5.97 Å². The van der Waals surface area contributed by atoms with Crippen LogP contribution in [-0.2, 0) is 22.6 Å². The van der Waals surface area contributed by atoms with Gasteiger partial charge in [-0.25, -0.2) is 0 Å². The van der Waals surface area contributed by atoms with Gasteiger partial charge in [-0.2, -0.15) is 0 Å². The Bertz CT molecular complexity index is 800. The van der Waals surface area contributed by atoms with E-state index in [1.165, 1.54) is 49.7 Å². The summed E-state index contributed by atoms with van der Waals surface area (Å²) in [5.41, 5.74) is 2.45. The van der Waals surface area contributed by atoms with E-state index in [0.29, 0.717) is 12.8 Å². The Morgan fingerprint density at radius 2 is 1.26 bits per heavy atom. The van der Waals surface area contributed by atoms with E-state index in [2.05, 4.69) is 74.2 Å². The number of aliphatic hydroxyl groups excluding tert-OH is 1. The minimum Gasteiger partial charge on any atom is -0.462 e. The van der Waals surface area contributed by atoms with Crippen molar-refractivity contribution in [1.29, 1.82) is 0 Å². The number of nitrogens with zero attached hydrogens (tertiary/aromatic N) is 1. The highest BCUT2D eigenvalue weighted by Gasteiger charge is 2.27. The summed E-state index contributed by atoms with van der Waals surface area (Å²) < 4.78 is 5.98. The van der Waals surface area contributed by atoms with E-state index in [1.807, 2.05) is 12.1 Å². The van der Waals surface area contributed by atoms with Crippen molar-refractivity contribution in [1.82, 2.24) is 4.90 Å². The van der Waals surface area contributed by atoms with E-state index in [0.717, 1.165) is 45.2 Å². The number of benzene rings is 2. The molecule has 2 aromatic carbocycles. The molecule has 0 unspecified atom stereocenters. The molecule has 0 bridgehead atoms. The Hall–Kier alpha value is -2.17. The largest absolute Gasteiger partial charge is 0.462 e. The van der Waals surface area contributed by atoms with E-state index in [1.54, 1.807) is 0 Å². The van der Waals surface area contributed by atoms with Crippen molar-refractivity contribution >= 4 is 5.97 Å². The maximum absolute atomic E-state index is 12.7. The molecule has 0 aliphatic carbocycles. The predicted molar refractivity (Wildman–Crippen MR) is 159 cm³/mol. The second-order valence-corrected chi connectivity index (χ2v) is 10.9. The quantitative estimate of drug-likeness (QED) is 0.132. The molecule has 2 rings (SSSR count). The first-order chi connectivity index (χ1) is 18.5. The number of carbonyl (C=O) groups excluding carboxylic acids is 1. The summed E-state index contributed by atoms with van der Waals surface area (Å²) in [6.07, 6.45) is 12.4. The number of hydrogen-bond donors (Lipinski definition) is 1. The van der Waals surface area contributed by atoms with Gasteiger partial charge in [-0.3, -0.25) is 9.69 Å². The van der Waals surface area contributed by atoms with E-state index in [-0.39, 0.29) is 18.1 Å². The van der Waals surface area contributed by atoms with Gasteiger partial charge in [-0.1, -0.05) is 126 Å². The van der Waals surface area contributed by atoms with Crippen molar-refractivity contribution in [2.45, 2.75) is 136 Å². The third-order valence-corrected chi connectivity index (χ3v) is 7.51. The van der Waals surface area contributed by atoms with Crippen LogP contribution in [-0.4, -0.2) is 34.2 Å². The minimum atomic E-state index is -0.583. The Kier molecular flexibility index (Phi) is 16.7. The SMILES string of the molecule is CCCCCCCC(=O)O[C@H](CCCCCCC)C[C@H](O)[C@H](C)N(Cc1ccccc1)Cc1ccccc1. The van der Waals surface area contributed by atoms with Crippen LogP contribution in [0.4, 0.5) is 0 Å². The number of rotatable bonds is 21. The Morgan fingerprint density at radius 1 is 0.763 bits per heavy atom. The van der Waals surface area contributed by atoms with Gasteiger partial charge in [0.1, 0.15) is 6.10 Å². The molecule has 0 aliphatic rings. The average Bonchev–Trinajstić information content (AvgIpc) is 2.93. The molecular formula is C34H53NO3. The normalized spacial score (nSPS) is 13.8. The number of carbonyl (C=O) groups is 1. The molecule has 0 aromatic heterocycles. The number of aliphatic hydroxyl groups is 1. The highest BCUT2D eigenvalue weighted by Crippen LogP contribution is 2.21. The zero-order valence-electron chi connectivity index (χ0n) is 24.3. The summed E-state index contributed by atoms with van der Waals surface area (Å²) in [5, 5.41) is 11.4. The Morgan fingerprint density at radius 3 is 1.79 bits per heavy atom. The second-order valence-electron chi connectivity index (χ2n) is 10.9. The number of esters is 1. The molecule has 0 amide bonds. The van der Waals surface area contributed by atoms with Crippen molar-refractivity contribution in [2.75, 3.05) is 0 Å². The van der Waals surface area contributed by atoms with Crippen molar-refractivity contribution < 1.29 is 14.6 Å². The van der Waals surface area contributed by atoms with Gasteiger partial charge in [-0.15, -0.1) is 0 Å². The maximum atomic E-state index is 12.7. The van der Waals surface area contributed by atoms with Gasteiger partial charge in [-0.05, 0) is 37.3 Å². The minimum absolute atomic E-state index is 0.0780. The van der Waals surface area contributed by atoms with Gasteiger partial charge in [0.15, 0.2) is 0 Å². The lowest BCUT2D eigenvalue weighted by molar-refractivity contribution is -0.151. The standard InChI is InChI=1S/C34H53NO3/c1-4-6-8-10-18-24-32(38-34(37)25-19-11-9-7-5-2)26-33(36)29(3)35(27-30-20-14-12-15-21-30)28-31-22-16-13-17-23-31/h12-17,20-23,29,32-33,36H,4-11,18-19,24-28H2,1-3H3/t29-,32+,33-/m0/s1. The van der Waals surface area contributed by atoms with Crippen LogP contribution in [0.1, 0.15) is 115 Å². The Balaban J connectivity index is 2.02. The van der Waals surface area contributed by atoms with Gasteiger partial charge in [0.05, 0.1) is 6.10 Å². The molecule has 0 radical (unpaired) electrons. The summed E-state index contributed by atoms with van der Waals surface area (Å²) >= 11 is 0. The summed E-state index contributed by atoms with van der Waals surface area (Å²) in [6, 6.07) is 20.8. The zero-order valence-corrected chi connectivity index (χ0v) is 24.3. The lowest BCUT2D eigenvalue weighted by atomic mass is 9.98. The monoisotopic (exact) mass is 523 g/mol. The summed E-state index contributed by atoms with van der Waals surface area (Å²) in [6.45, 7) is 8.04. The van der Waals surface area contributed by atoms with Gasteiger partial charge in [0.25, 0.3) is 0 Å². The molecule has 4 heteroatoms. The van der Waals surface area contributed by atoms with Crippen LogP contribution in [0.15, 0.2) is 60.7 Å². The number of ether oxygens (including phenoxy) is 1. The highest BCUT2D eigenvalue weighted by atomic mass is 16.5. The molecule has 0 heterocycles. The molecule has 0 spiro atoms. The molecule has 0 saturated heterocycles. The van der Waals surface area contributed by atoms with E-state index in [9.17, 15) is 9.90 Å². The van der Waals surface area contributed by atoms with Crippen molar-refractivity contribution in [3.05, 3.63) is 71.8 Å². The molecule has 4 nitrogen and oxygen atoms in total. The summed E-state index contributed by atoms with van der Waals surface area (Å²) in [5.74, 6) is -0.106. The third-order valence-electron chi connectivity index (χ3n) is 7.51. The first-order valence-corrected chi connectivity index (χ1v) is 15.2. The molecule has 1 N–H and O–H groups in total. The second kappa shape index (κ2) is 19.8. The maximum Gasteiger partial charge on any atom is 0.306 e. The summed E-state index contributed by atoms with van der Waals surface area (Å²) in [4.78, 5) is 15.0. The van der Waals surface area contributed by atoms with Crippen LogP contribution in [0.5, 0.6) is 0 Å². The lowest BCUT2D eigenvalue weighted by Crippen LogP contribution is -2.42. The van der Waals surface area contributed by atoms with Gasteiger partial charge in [0.2, 0.25) is 0 Å². The third kappa shape index (κ3) is 13.6. The molecule has 2 aromatic rings. The van der Waals surface area contributed by atoms with Crippen molar-refractivity contribution in [3.63, 3.8) is 0 Å². The first kappa shape index (κ1) is 32.0. The topological polar surface area (TPSA) is 49.8 Å². The summed E-state index contributed by atoms with van der Waals surface area (Å²) in [7, 11) is 0. The molecule has 0 aliphatic heterocycles. The first-order valence-electron chi connectivity index (χ1n) is 15.2. The highest BCUT2D eigenvalue weighted by molar-refractivity contribution is 5.69. The van der Waals surface area contributed by atoms with Crippen LogP contribution >= 0.6 is 0 Å². The molecule has 0 saturated carbocycles. The van der Waals surface area contributed by atoms with Gasteiger partial charge < -0.3 is 9.84 Å². The smallest absolute Gasteiger partial charge is 0.306 e. The van der Waals surface area contributed by atoms with Crippen LogP contribution in [0.25, 0.3) is 0 Å². The number of hydrogen-bond acceptors (Lipinski definition) is 4. The van der Waals surface area contributed by atoms with Crippen molar-refractivity contribution in [3.8, 4) is 0 Å². The van der Waals surface area contributed by atoms with Crippen LogP contribution in [0.2, 0.25) is 0 Å². The fraction of sp³-hybridized carbons (Fsp3) is 0.618. The molecule has 3 atom stereocenters.